The SMILES string of the molecule is COc1c(C(C)(O)c2ccc(F)cc2)ccc(C)c1C. The minimum Gasteiger partial charge on any atom is -0.496 e. The quantitative estimate of drug-likeness (QED) is 0.924. The van der Waals surface area contributed by atoms with E-state index >= 15 is 0 Å². The highest BCUT2D eigenvalue weighted by Crippen LogP contribution is 2.38. The van der Waals surface area contributed by atoms with Crippen molar-refractivity contribution in [3.05, 3.63) is 64.5 Å². The van der Waals surface area contributed by atoms with Gasteiger partial charge < -0.3 is 9.84 Å². The number of ether oxygens (including phenoxy) is 1. The summed E-state index contributed by atoms with van der Waals surface area (Å²) in [7, 11) is 1.59. The molecule has 0 spiro atoms. The van der Waals surface area contributed by atoms with E-state index in [-0.39, 0.29) is 5.82 Å². The van der Waals surface area contributed by atoms with Crippen LogP contribution in [0.15, 0.2) is 36.4 Å². The highest BCUT2D eigenvalue weighted by molar-refractivity contribution is 5.51. The Morgan fingerprint density at radius 1 is 1.05 bits per heavy atom. The summed E-state index contributed by atoms with van der Waals surface area (Å²) in [6.45, 7) is 5.64. The first-order chi connectivity index (χ1) is 9.37. The highest BCUT2D eigenvalue weighted by atomic mass is 19.1. The van der Waals surface area contributed by atoms with Crippen molar-refractivity contribution >= 4 is 0 Å². The molecule has 0 aliphatic carbocycles. The molecule has 2 nitrogen and oxygen atoms in total. The van der Waals surface area contributed by atoms with Crippen molar-refractivity contribution in [2.45, 2.75) is 26.4 Å². The number of methoxy groups -OCH3 is 1. The molecule has 1 unspecified atom stereocenters. The number of hydrogen-bond acceptors (Lipinski definition) is 2. The zero-order valence-electron chi connectivity index (χ0n) is 12.2. The number of hydrogen-bond donors (Lipinski definition) is 1. The molecule has 0 radical (unpaired) electrons. The van der Waals surface area contributed by atoms with Crippen molar-refractivity contribution in [2.24, 2.45) is 0 Å². The van der Waals surface area contributed by atoms with Gasteiger partial charge in [0.1, 0.15) is 17.2 Å². The molecule has 0 aliphatic heterocycles. The number of benzene rings is 2. The van der Waals surface area contributed by atoms with Gasteiger partial charge in [-0.3, -0.25) is 0 Å². The summed E-state index contributed by atoms with van der Waals surface area (Å²) in [6.07, 6.45) is 0. The normalized spacial score (nSPS) is 13.9. The second-order valence-electron chi connectivity index (χ2n) is 5.17. The predicted octanol–water partition coefficient (Wildman–Crippen LogP) is 3.71. The number of rotatable bonds is 3. The largest absolute Gasteiger partial charge is 0.496 e. The van der Waals surface area contributed by atoms with Gasteiger partial charge in [0.25, 0.3) is 0 Å². The Kier molecular flexibility index (Phi) is 3.82. The van der Waals surface area contributed by atoms with E-state index in [1.165, 1.54) is 12.1 Å². The zero-order valence-corrected chi connectivity index (χ0v) is 12.2. The van der Waals surface area contributed by atoms with Crippen LogP contribution in [0.1, 0.15) is 29.2 Å². The van der Waals surface area contributed by atoms with Gasteiger partial charge in [-0.1, -0.05) is 24.3 Å². The molecule has 1 atom stereocenters. The van der Waals surface area contributed by atoms with Gasteiger partial charge in [0.15, 0.2) is 0 Å². The lowest BCUT2D eigenvalue weighted by atomic mass is 9.86. The second-order valence-corrected chi connectivity index (χ2v) is 5.17. The van der Waals surface area contributed by atoms with Crippen molar-refractivity contribution in [3.8, 4) is 5.75 Å². The maximum absolute atomic E-state index is 13.0. The lowest BCUT2D eigenvalue weighted by Crippen LogP contribution is -2.24. The monoisotopic (exact) mass is 274 g/mol. The minimum absolute atomic E-state index is 0.323. The molecule has 0 saturated heterocycles. The van der Waals surface area contributed by atoms with Crippen LogP contribution in [0.25, 0.3) is 0 Å². The predicted molar refractivity (Wildman–Crippen MR) is 77.5 cm³/mol. The zero-order chi connectivity index (χ0) is 14.9. The van der Waals surface area contributed by atoms with E-state index < -0.39 is 5.60 Å². The van der Waals surface area contributed by atoms with Crippen LogP contribution in [0, 0.1) is 19.7 Å². The Morgan fingerprint density at radius 2 is 1.65 bits per heavy atom. The Labute approximate surface area is 118 Å². The van der Waals surface area contributed by atoms with Gasteiger partial charge >= 0.3 is 0 Å². The lowest BCUT2D eigenvalue weighted by molar-refractivity contribution is 0.0987. The Balaban J connectivity index is 2.59. The summed E-state index contributed by atoms with van der Waals surface area (Å²) in [5, 5.41) is 10.9. The van der Waals surface area contributed by atoms with E-state index in [9.17, 15) is 9.50 Å². The van der Waals surface area contributed by atoms with Crippen molar-refractivity contribution < 1.29 is 14.2 Å². The number of aliphatic hydroxyl groups is 1. The van der Waals surface area contributed by atoms with Crippen LogP contribution in [-0.2, 0) is 5.60 Å². The molecule has 3 heteroatoms. The standard InChI is InChI=1S/C17H19FO2/c1-11-5-10-15(16(20-4)12(11)2)17(3,19)13-6-8-14(18)9-7-13/h5-10,19H,1-4H3. The summed E-state index contributed by atoms with van der Waals surface area (Å²) in [5.41, 5.74) is 2.15. The van der Waals surface area contributed by atoms with Crippen molar-refractivity contribution in [1.82, 2.24) is 0 Å². The van der Waals surface area contributed by atoms with E-state index in [0.29, 0.717) is 16.9 Å². The van der Waals surface area contributed by atoms with Crippen LogP contribution >= 0.6 is 0 Å². The Bertz CT molecular complexity index is 616. The molecule has 0 saturated carbocycles. The molecule has 2 rings (SSSR count). The molecule has 1 N–H and O–H groups in total. The van der Waals surface area contributed by atoms with Crippen LogP contribution < -0.4 is 4.74 Å². The smallest absolute Gasteiger partial charge is 0.128 e. The molecule has 2 aromatic carbocycles. The third-order valence-corrected chi connectivity index (χ3v) is 3.81. The molecule has 20 heavy (non-hydrogen) atoms. The summed E-state index contributed by atoms with van der Waals surface area (Å²) in [6, 6.07) is 9.66. The van der Waals surface area contributed by atoms with Gasteiger partial charge in [-0.25, -0.2) is 4.39 Å². The fraction of sp³-hybridized carbons (Fsp3) is 0.294. The van der Waals surface area contributed by atoms with Gasteiger partial charge in [0, 0.05) is 5.56 Å². The summed E-state index contributed by atoms with van der Waals surface area (Å²) in [5.74, 6) is 0.343. The Hall–Kier alpha value is -1.87. The van der Waals surface area contributed by atoms with E-state index in [1.807, 2.05) is 26.0 Å². The highest BCUT2D eigenvalue weighted by Gasteiger charge is 2.30. The van der Waals surface area contributed by atoms with E-state index in [4.69, 9.17) is 4.74 Å². The van der Waals surface area contributed by atoms with E-state index in [1.54, 1.807) is 26.2 Å². The van der Waals surface area contributed by atoms with Crippen LogP contribution in [0.4, 0.5) is 4.39 Å². The van der Waals surface area contributed by atoms with Crippen LogP contribution in [-0.4, -0.2) is 12.2 Å². The topological polar surface area (TPSA) is 29.5 Å². The molecule has 0 aromatic heterocycles. The number of aryl methyl sites for hydroxylation is 1. The van der Waals surface area contributed by atoms with Crippen molar-refractivity contribution in [2.75, 3.05) is 7.11 Å². The maximum atomic E-state index is 13.0. The van der Waals surface area contributed by atoms with Crippen molar-refractivity contribution in [3.63, 3.8) is 0 Å². The molecule has 2 aromatic rings. The third-order valence-electron chi connectivity index (χ3n) is 3.81. The van der Waals surface area contributed by atoms with Crippen molar-refractivity contribution in [1.29, 1.82) is 0 Å². The average molecular weight is 274 g/mol. The fourth-order valence-electron chi connectivity index (χ4n) is 2.37. The van der Waals surface area contributed by atoms with E-state index in [0.717, 1.165) is 11.1 Å². The first kappa shape index (κ1) is 14.5. The maximum Gasteiger partial charge on any atom is 0.128 e. The molecule has 0 bridgehead atoms. The first-order valence-electron chi connectivity index (χ1n) is 6.51. The first-order valence-corrected chi connectivity index (χ1v) is 6.51. The van der Waals surface area contributed by atoms with Gasteiger partial charge in [-0.05, 0) is 49.6 Å². The molecule has 0 aliphatic rings. The molecular formula is C17H19FO2. The van der Waals surface area contributed by atoms with E-state index in [2.05, 4.69) is 0 Å². The second kappa shape index (κ2) is 5.25. The van der Waals surface area contributed by atoms with Gasteiger partial charge in [0.2, 0.25) is 0 Å². The van der Waals surface area contributed by atoms with Crippen LogP contribution in [0.2, 0.25) is 0 Å². The lowest BCUT2D eigenvalue weighted by Gasteiger charge is -2.27. The van der Waals surface area contributed by atoms with Crippen LogP contribution in [0.3, 0.4) is 0 Å². The summed E-state index contributed by atoms with van der Waals surface area (Å²) >= 11 is 0. The third kappa shape index (κ3) is 2.41. The molecule has 106 valence electrons. The summed E-state index contributed by atoms with van der Waals surface area (Å²) in [4.78, 5) is 0. The minimum atomic E-state index is -1.24. The molecule has 0 heterocycles. The van der Waals surface area contributed by atoms with Gasteiger partial charge in [0.05, 0.1) is 7.11 Å². The fourth-order valence-corrected chi connectivity index (χ4v) is 2.37. The number of halogens is 1. The molecular weight excluding hydrogens is 255 g/mol. The Morgan fingerprint density at radius 3 is 2.20 bits per heavy atom. The molecule has 0 amide bonds. The van der Waals surface area contributed by atoms with Gasteiger partial charge in [-0.2, -0.15) is 0 Å². The van der Waals surface area contributed by atoms with Crippen LogP contribution in [0.5, 0.6) is 5.75 Å². The molecule has 0 fully saturated rings. The summed E-state index contributed by atoms with van der Waals surface area (Å²) < 4.78 is 18.5. The average Bonchev–Trinajstić information content (AvgIpc) is 2.42. The van der Waals surface area contributed by atoms with Gasteiger partial charge in [-0.15, -0.1) is 0 Å².